The normalized spacial score (nSPS) is 17.2. The Balaban J connectivity index is 1.48. The zero-order chi connectivity index (χ0) is 32.4. The lowest BCUT2D eigenvalue weighted by Gasteiger charge is -2.34. The maximum atomic E-state index is 6.59. The second-order valence-corrected chi connectivity index (χ2v) is 14.7. The lowest BCUT2D eigenvalue weighted by Crippen LogP contribution is -2.41. The summed E-state index contributed by atoms with van der Waals surface area (Å²) in [5.74, 6) is 0. The van der Waals surface area contributed by atoms with Crippen LogP contribution in [0.15, 0.2) is 91.0 Å². The van der Waals surface area contributed by atoms with E-state index in [1.807, 2.05) is 0 Å². The number of hydrogen-bond acceptors (Lipinski definition) is 2. The van der Waals surface area contributed by atoms with Crippen LogP contribution >= 0.6 is 0 Å². The zero-order valence-corrected chi connectivity index (χ0v) is 29.1. The average molecular weight is 613 g/mol. The van der Waals surface area contributed by atoms with Gasteiger partial charge in [0, 0.05) is 0 Å². The van der Waals surface area contributed by atoms with E-state index in [1.165, 1.54) is 95.9 Å². The summed E-state index contributed by atoms with van der Waals surface area (Å²) in [5.41, 5.74) is 10.6. The van der Waals surface area contributed by atoms with Crippen molar-refractivity contribution in [3.63, 3.8) is 0 Å². The minimum absolute atomic E-state index is 0.392. The van der Waals surface area contributed by atoms with Crippen molar-refractivity contribution in [3.05, 3.63) is 124 Å². The summed E-state index contributed by atoms with van der Waals surface area (Å²) in [5, 5.41) is 0. The summed E-state index contributed by atoms with van der Waals surface area (Å²) < 4.78 is 13.2. The first-order valence-corrected chi connectivity index (χ1v) is 18.0. The lowest BCUT2D eigenvalue weighted by molar-refractivity contribution is 0.00578. The molecular formula is C43H53BO2. The first-order valence-electron chi connectivity index (χ1n) is 18.0. The molecular weight excluding hydrogens is 559 g/mol. The standard InChI is InChI=1S/C43H53BO2/c1-7-9-11-13-17-32-21-25-34(26-22-32)43(35-27-23-33(24-28-35)18-14-12-10-8-2)39-20-16-15-19-37(39)38-30-29-36(31-40(38)43)44-45-41(3,4)42(5,6)46-44/h15-16,19-31H,7-14,17-18H2,1-6H3. The average Bonchev–Trinajstić information content (AvgIpc) is 3.48. The molecule has 1 saturated heterocycles. The van der Waals surface area contributed by atoms with Crippen molar-refractivity contribution in [3.8, 4) is 11.1 Å². The lowest BCUT2D eigenvalue weighted by atomic mass is 9.66. The Morgan fingerprint density at radius 2 is 1.02 bits per heavy atom. The van der Waals surface area contributed by atoms with Crippen LogP contribution in [-0.2, 0) is 27.6 Å². The van der Waals surface area contributed by atoms with Gasteiger partial charge in [0.1, 0.15) is 0 Å². The molecule has 0 unspecified atom stereocenters. The van der Waals surface area contributed by atoms with Crippen LogP contribution in [0.1, 0.15) is 126 Å². The Labute approximate surface area is 279 Å². The van der Waals surface area contributed by atoms with E-state index in [4.69, 9.17) is 9.31 Å². The first kappa shape index (κ1) is 32.8. The summed E-state index contributed by atoms with van der Waals surface area (Å²) >= 11 is 0. The number of unbranched alkanes of at least 4 members (excludes halogenated alkanes) is 6. The fourth-order valence-electron chi connectivity index (χ4n) is 7.57. The van der Waals surface area contributed by atoms with Crippen molar-refractivity contribution in [1.82, 2.24) is 0 Å². The third-order valence-corrected chi connectivity index (χ3v) is 11.0. The maximum absolute atomic E-state index is 6.59. The predicted molar refractivity (Wildman–Crippen MR) is 195 cm³/mol. The molecule has 1 heterocycles. The monoisotopic (exact) mass is 612 g/mol. The van der Waals surface area contributed by atoms with Gasteiger partial charge in [-0.15, -0.1) is 0 Å². The number of hydrogen-bond donors (Lipinski definition) is 0. The van der Waals surface area contributed by atoms with Crippen molar-refractivity contribution < 1.29 is 9.31 Å². The Bertz CT molecular complexity index is 1540. The minimum atomic E-state index is -0.437. The van der Waals surface area contributed by atoms with Gasteiger partial charge < -0.3 is 9.31 Å². The highest BCUT2D eigenvalue weighted by Crippen LogP contribution is 2.56. The van der Waals surface area contributed by atoms with E-state index in [-0.39, 0.29) is 0 Å². The first-order chi connectivity index (χ1) is 22.2. The highest BCUT2D eigenvalue weighted by Gasteiger charge is 2.53. The number of benzene rings is 4. The minimum Gasteiger partial charge on any atom is -0.399 e. The molecule has 46 heavy (non-hydrogen) atoms. The molecule has 240 valence electrons. The quantitative estimate of drug-likeness (QED) is 0.0973. The molecule has 6 rings (SSSR count). The highest BCUT2D eigenvalue weighted by atomic mass is 16.7. The van der Waals surface area contributed by atoms with Crippen molar-refractivity contribution in [1.29, 1.82) is 0 Å². The molecule has 1 aliphatic carbocycles. The van der Waals surface area contributed by atoms with Crippen LogP contribution in [0.3, 0.4) is 0 Å². The Hall–Kier alpha value is -3.14. The van der Waals surface area contributed by atoms with Crippen LogP contribution in [0.4, 0.5) is 0 Å². The van der Waals surface area contributed by atoms with Gasteiger partial charge >= 0.3 is 7.12 Å². The van der Waals surface area contributed by atoms with E-state index in [2.05, 4.69) is 133 Å². The molecule has 0 saturated carbocycles. The SMILES string of the molecule is CCCCCCc1ccc(C2(c3ccc(CCCCCC)cc3)c3ccccc3-c3ccc(B4OC(C)(C)C(C)(C)O4)cc32)cc1. The zero-order valence-electron chi connectivity index (χ0n) is 29.1. The molecule has 0 atom stereocenters. The van der Waals surface area contributed by atoms with Crippen LogP contribution in [0.5, 0.6) is 0 Å². The van der Waals surface area contributed by atoms with E-state index >= 15 is 0 Å². The largest absolute Gasteiger partial charge is 0.494 e. The Morgan fingerprint density at radius 3 is 1.54 bits per heavy atom. The molecule has 4 aromatic carbocycles. The van der Waals surface area contributed by atoms with Gasteiger partial charge in [0.05, 0.1) is 16.6 Å². The van der Waals surface area contributed by atoms with Crippen LogP contribution in [-0.4, -0.2) is 18.3 Å². The molecule has 0 bridgehead atoms. The molecule has 2 aliphatic rings. The van der Waals surface area contributed by atoms with Gasteiger partial charge in [0.2, 0.25) is 0 Å². The number of fused-ring (bicyclic) bond motifs is 3. The van der Waals surface area contributed by atoms with E-state index in [0.717, 1.165) is 18.3 Å². The molecule has 0 N–H and O–H groups in total. The summed E-state index contributed by atoms with van der Waals surface area (Å²) in [6.45, 7) is 13.1. The fourth-order valence-corrected chi connectivity index (χ4v) is 7.57. The van der Waals surface area contributed by atoms with Crippen LogP contribution < -0.4 is 5.46 Å². The third kappa shape index (κ3) is 6.02. The fraction of sp³-hybridized carbons (Fsp3) is 0.442. The highest BCUT2D eigenvalue weighted by molar-refractivity contribution is 6.62. The topological polar surface area (TPSA) is 18.5 Å². The van der Waals surface area contributed by atoms with E-state index < -0.39 is 23.7 Å². The molecule has 4 aromatic rings. The maximum Gasteiger partial charge on any atom is 0.494 e. The number of aryl methyl sites for hydroxylation is 2. The summed E-state index contributed by atoms with van der Waals surface area (Å²) in [4.78, 5) is 0. The molecule has 0 radical (unpaired) electrons. The molecule has 0 aromatic heterocycles. The van der Waals surface area contributed by atoms with Gasteiger partial charge in [-0.1, -0.05) is 143 Å². The Morgan fingerprint density at radius 1 is 0.522 bits per heavy atom. The van der Waals surface area contributed by atoms with Gasteiger partial charge in [0.15, 0.2) is 0 Å². The van der Waals surface area contributed by atoms with Gasteiger partial charge in [-0.3, -0.25) is 0 Å². The molecule has 1 fully saturated rings. The van der Waals surface area contributed by atoms with E-state index in [9.17, 15) is 0 Å². The van der Waals surface area contributed by atoms with Crippen LogP contribution in [0.25, 0.3) is 11.1 Å². The molecule has 1 aliphatic heterocycles. The van der Waals surface area contributed by atoms with Crippen LogP contribution in [0.2, 0.25) is 0 Å². The van der Waals surface area contributed by atoms with Crippen molar-refractivity contribution in [2.24, 2.45) is 0 Å². The third-order valence-electron chi connectivity index (χ3n) is 11.0. The molecule has 3 heteroatoms. The summed E-state index contributed by atoms with van der Waals surface area (Å²) in [6.07, 6.45) is 12.5. The van der Waals surface area contributed by atoms with Crippen LogP contribution in [0, 0.1) is 0 Å². The Kier molecular flexibility index (Phi) is 9.65. The van der Waals surface area contributed by atoms with E-state index in [1.54, 1.807) is 0 Å². The van der Waals surface area contributed by atoms with Crippen molar-refractivity contribution in [2.75, 3.05) is 0 Å². The second kappa shape index (κ2) is 13.5. The van der Waals surface area contributed by atoms with Gasteiger partial charge in [0.25, 0.3) is 0 Å². The number of rotatable bonds is 13. The molecule has 2 nitrogen and oxygen atoms in total. The molecule has 0 amide bonds. The summed E-state index contributed by atoms with van der Waals surface area (Å²) in [7, 11) is -0.410. The van der Waals surface area contributed by atoms with Gasteiger partial charge in [-0.05, 0) is 103 Å². The van der Waals surface area contributed by atoms with Crippen molar-refractivity contribution >= 4 is 12.6 Å². The second-order valence-electron chi connectivity index (χ2n) is 14.7. The van der Waals surface area contributed by atoms with Gasteiger partial charge in [-0.2, -0.15) is 0 Å². The van der Waals surface area contributed by atoms with Crippen molar-refractivity contribution in [2.45, 2.75) is 122 Å². The molecule has 0 spiro atoms. The van der Waals surface area contributed by atoms with E-state index in [0.29, 0.717) is 0 Å². The predicted octanol–water partition coefficient (Wildman–Crippen LogP) is 10.6. The van der Waals surface area contributed by atoms with Gasteiger partial charge in [-0.25, -0.2) is 0 Å². The smallest absolute Gasteiger partial charge is 0.399 e. The summed E-state index contributed by atoms with van der Waals surface area (Å²) in [6, 6.07) is 35.1.